The number of hydrogen-bond donors (Lipinski definition) is 6. The Morgan fingerprint density at radius 2 is 1.39 bits per heavy atom. The summed E-state index contributed by atoms with van der Waals surface area (Å²) in [6.07, 6.45) is -3.28. The number of aryl methyl sites for hydroxylation is 1. The van der Waals surface area contributed by atoms with Crippen molar-refractivity contribution in [3.63, 3.8) is 0 Å². The van der Waals surface area contributed by atoms with Gasteiger partial charge in [-0.2, -0.15) is 0 Å². The van der Waals surface area contributed by atoms with Crippen LogP contribution >= 0.6 is 0 Å². The van der Waals surface area contributed by atoms with Crippen molar-refractivity contribution in [1.29, 1.82) is 0 Å². The maximum absolute atomic E-state index is 10.00. The Kier molecular flexibility index (Phi) is 4.82. The third kappa shape index (κ3) is 3.32. The van der Waals surface area contributed by atoms with Crippen LogP contribution in [0.3, 0.4) is 0 Å². The zero-order chi connectivity index (χ0) is 16.4. The van der Waals surface area contributed by atoms with Gasteiger partial charge in [0.05, 0.1) is 12.1 Å². The molecule has 0 amide bonds. The minimum absolute atomic E-state index is 0.479. The normalized spacial score (nSPS) is 38.0. The standard InChI is InChI=1S/C16H23N3O4/c20-12-10-11(13(21)15(23)14(12)22)19-16(18-10)17-8-4-7-9-5-2-1-3-6-9/h1-3,5-6,10-15,20-23H,4,7-8H2,(H2,17,18,19)/t10-,11+,12-,13-,14+,15+/m0/s1. The summed E-state index contributed by atoms with van der Waals surface area (Å²) in [6.45, 7) is 0.598. The van der Waals surface area contributed by atoms with Crippen molar-refractivity contribution >= 4 is 5.96 Å². The molecule has 1 aliphatic carbocycles. The van der Waals surface area contributed by atoms with Gasteiger partial charge in [0, 0.05) is 6.54 Å². The Morgan fingerprint density at radius 1 is 0.826 bits per heavy atom. The maximum Gasteiger partial charge on any atom is 0.192 e. The third-order valence-electron chi connectivity index (χ3n) is 4.52. The average molecular weight is 321 g/mol. The number of fused-ring (bicyclic) bond motifs is 1. The van der Waals surface area contributed by atoms with Gasteiger partial charge in [-0.05, 0) is 18.4 Å². The maximum atomic E-state index is 10.00. The lowest BCUT2D eigenvalue weighted by Gasteiger charge is -2.39. The van der Waals surface area contributed by atoms with Crippen LogP contribution in [0.1, 0.15) is 12.0 Å². The molecule has 1 aromatic carbocycles. The van der Waals surface area contributed by atoms with Gasteiger partial charge in [-0.25, -0.2) is 0 Å². The van der Waals surface area contributed by atoms with Gasteiger partial charge in [-0.1, -0.05) is 30.3 Å². The fourth-order valence-corrected chi connectivity index (χ4v) is 3.17. The first-order chi connectivity index (χ1) is 11.1. The average Bonchev–Trinajstić information content (AvgIpc) is 3.00. The molecule has 6 N–H and O–H groups in total. The minimum Gasteiger partial charge on any atom is -0.388 e. The summed E-state index contributed by atoms with van der Waals surface area (Å²) in [5, 5.41) is 45.4. The van der Waals surface area contributed by atoms with E-state index in [4.69, 9.17) is 0 Å². The summed E-state index contributed by atoms with van der Waals surface area (Å²) in [6, 6.07) is 8.99. The molecule has 1 aromatic rings. The van der Waals surface area contributed by atoms with E-state index in [-0.39, 0.29) is 0 Å². The zero-order valence-corrected chi connectivity index (χ0v) is 12.7. The SMILES string of the molecule is O[C@H]1[C@H](O)[C@@H](O)[C@@H]2NC(=NCCCc3ccccc3)N[C@@H]2[C@@H]1O. The van der Waals surface area contributed by atoms with Crippen molar-refractivity contribution in [2.24, 2.45) is 4.99 Å². The molecule has 0 aromatic heterocycles. The molecular formula is C16H23N3O4. The molecular weight excluding hydrogens is 298 g/mol. The Balaban J connectivity index is 1.54. The van der Waals surface area contributed by atoms with Gasteiger partial charge in [0.1, 0.15) is 24.4 Å². The second kappa shape index (κ2) is 6.84. The summed E-state index contributed by atoms with van der Waals surface area (Å²) in [7, 11) is 0. The lowest BCUT2D eigenvalue weighted by molar-refractivity contribution is -0.150. The molecule has 2 aliphatic rings. The molecule has 0 unspecified atom stereocenters. The number of nitrogens with one attached hydrogen (secondary N) is 2. The van der Waals surface area contributed by atoms with Crippen LogP contribution in [0.4, 0.5) is 0 Å². The van der Waals surface area contributed by atoms with Crippen molar-refractivity contribution in [3.05, 3.63) is 35.9 Å². The molecule has 1 saturated heterocycles. The molecule has 0 radical (unpaired) electrons. The molecule has 1 aliphatic heterocycles. The smallest absolute Gasteiger partial charge is 0.192 e. The van der Waals surface area contributed by atoms with Crippen LogP contribution in [0.15, 0.2) is 35.3 Å². The van der Waals surface area contributed by atoms with Gasteiger partial charge in [0.2, 0.25) is 0 Å². The van der Waals surface area contributed by atoms with Gasteiger partial charge in [-0.15, -0.1) is 0 Å². The van der Waals surface area contributed by atoms with E-state index in [0.717, 1.165) is 12.8 Å². The van der Waals surface area contributed by atoms with Crippen LogP contribution < -0.4 is 10.6 Å². The lowest BCUT2D eigenvalue weighted by Crippen LogP contribution is -2.66. The van der Waals surface area contributed by atoms with Crippen LogP contribution in [0, 0.1) is 0 Å². The Bertz CT molecular complexity index is 530. The number of benzene rings is 1. The first kappa shape index (κ1) is 16.2. The van der Waals surface area contributed by atoms with Crippen molar-refractivity contribution in [1.82, 2.24) is 10.6 Å². The van der Waals surface area contributed by atoms with E-state index in [1.165, 1.54) is 5.56 Å². The highest BCUT2D eigenvalue weighted by molar-refractivity contribution is 5.83. The lowest BCUT2D eigenvalue weighted by atomic mass is 9.82. The summed E-state index contributed by atoms with van der Waals surface area (Å²) >= 11 is 0. The van der Waals surface area contributed by atoms with Gasteiger partial charge >= 0.3 is 0 Å². The van der Waals surface area contributed by atoms with E-state index in [1.54, 1.807) is 0 Å². The molecule has 7 nitrogen and oxygen atoms in total. The van der Waals surface area contributed by atoms with E-state index in [9.17, 15) is 20.4 Å². The molecule has 126 valence electrons. The van der Waals surface area contributed by atoms with Crippen molar-refractivity contribution < 1.29 is 20.4 Å². The zero-order valence-electron chi connectivity index (χ0n) is 12.7. The van der Waals surface area contributed by atoms with Crippen molar-refractivity contribution in [2.45, 2.75) is 49.3 Å². The number of nitrogens with zero attached hydrogens (tertiary/aromatic N) is 1. The topological polar surface area (TPSA) is 117 Å². The molecule has 6 atom stereocenters. The molecule has 23 heavy (non-hydrogen) atoms. The monoisotopic (exact) mass is 321 g/mol. The fraction of sp³-hybridized carbons (Fsp3) is 0.562. The predicted molar refractivity (Wildman–Crippen MR) is 84.9 cm³/mol. The highest BCUT2D eigenvalue weighted by atomic mass is 16.4. The molecule has 1 heterocycles. The van der Waals surface area contributed by atoms with Crippen molar-refractivity contribution in [3.8, 4) is 0 Å². The first-order valence-corrected chi connectivity index (χ1v) is 7.91. The molecule has 0 bridgehead atoms. The van der Waals surface area contributed by atoms with Crippen molar-refractivity contribution in [2.75, 3.05) is 6.54 Å². The van der Waals surface area contributed by atoms with Gasteiger partial charge in [-0.3, -0.25) is 4.99 Å². The second-order valence-corrected chi connectivity index (χ2v) is 6.12. The Labute approximate surface area is 134 Å². The Morgan fingerprint density at radius 3 is 1.96 bits per heavy atom. The largest absolute Gasteiger partial charge is 0.388 e. The van der Waals surface area contributed by atoms with E-state index >= 15 is 0 Å². The molecule has 0 spiro atoms. The number of aliphatic imine (C=N–C) groups is 1. The quantitative estimate of drug-likeness (QED) is 0.371. The summed E-state index contributed by atoms with van der Waals surface area (Å²) in [5.74, 6) is 0.479. The summed E-state index contributed by atoms with van der Waals surface area (Å²) < 4.78 is 0. The van der Waals surface area contributed by atoms with Crippen LogP contribution in [-0.4, -0.2) is 69.4 Å². The molecule has 3 rings (SSSR count). The second-order valence-electron chi connectivity index (χ2n) is 6.12. The van der Waals surface area contributed by atoms with Gasteiger partial charge in [0.25, 0.3) is 0 Å². The fourth-order valence-electron chi connectivity index (χ4n) is 3.17. The van der Waals surface area contributed by atoms with Gasteiger partial charge in [0.15, 0.2) is 5.96 Å². The van der Waals surface area contributed by atoms with Crippen LogP contribution in [0.25, 0.3) is 0 Å². The molecule has 2 fully saturated rings. The highest BCUT2D eigenvalue weighted by Gasteiger charge is 2.52. The Hall–Kier alpha value is -1.67. The van der Waals surface area contributed by atoms with Crippen LogP contribution in [-0.2, 0) is 6.42 Å². The third-order valence-corrected chi connectivity index (χ3v) is 4.52. The number of hydrogen-bond acceptors (Lipinski definition) is 5. The van der Waals surface area contributed by atoms with Crippen LogP contribution in [0.2, 0.25) is 0 Å². The van der Waals surface area contributed by atoms with E-state index < -0.39 is 36.5 Å². The highest BCUT2D eigenvalue weighted by Crippen LogP contribution is 2.24. The number of rotatable bonds is 4. The van der Waals surface area contributed by atoms with Crippen LogP contribution in [0.5, 0.6) is 0 Å². The molecule has 7 heteroatoms. The minimum atomic E-state index is -1.38. The summed E-state index contributed by atoms with van der Waals surface area (Å²) in [4.78, 5) is 4.39. The predicted octanol–water partition coefficient (Wildman–Crippen LogP) is -1.64. The van der Waals surface area contributed by atoms with Gasteiger partial charge < -0.3 is 31.1 Å². The number of guanidine groups is 1. The summed E-state index contributed by atoms with van der Waals surface area (Å²) in [5.41, 5.74) is 1.26. The van der Waals surface area contributed by atoms with E-state index in [1.807, 2.05) is 18.2 Å². The van der Waals surface area contributed by atoms with E-state index in [2.05, 4.69) is 27.8 Å². The van der Waals surface area contributed by atoms with E-state index in [0.29, 0.717) is 12.5 Å². The molecule has 1 saturated carbocycles. The first-order valence-electron chi connectivity index (χ1n) is 7.91. The number of aliphatic hydroxyl groups is 4. The number of aliphatic hydroxyl groups excluding tert-OH is 4.